The fourth-order valence-electron chi connectivity index (χ4n) is 4.50. The van der Waals surface area contributed by atoms with E-state index in [-0.39, 0.29) is 16.4 Å². The van der Waals surface area contributed by atoms with Crippen LogP contribution >= 0.6 is 0 Å². The van der Waals surface area contributed by atoms with Crippen molar-refractivity contribution in [2.45, 2.75) is 40.0 Å². The zero-order valence-corrected chi connectivity index (χ0v) is 14.8. The van der Waals surface area contributed by atoms with Gasteiger partial charge in [-0.15, -0.1) is 0 Å². The van der Waals surface area contributed by atoms with Gasteiger partial charge < -0.3 is 4.42 Å². The van der Waals surface area contributed by atoms with Gasteiger partial charge in [-0.25, -0.2) is 10.2 Å². The molecule has 5 nitrogen and oxygen atoms in total. The van der Waals surface area contributed by atoms with Crippen molar-refractivity contribution in [3.05, 3.63) is 46.3 Å². The third kappa shape index (κ3) is 2.25. The molecule has 0 spiro atoms. The Bertz CT molecular complexity index is 957. The Morgan fingerprint density at radius 2 is 2.04 bits per heavy atom. The van der Waals surface area contributed by atoms with Crippen LogP contribution in [0.15, 0.2) is 44.6 Å². The predicted octanol–water partition coefficient (Wildman–Crippen LogP) is 3.73. The lowest BCUT2D eigenvalue weighted by atomic mass is 9.70. The van der Waals surface area contributed by atoms with Gasteiger partial charge in [-0.1, -0.05) is 39.0 Å². The lowest BCUT2D eigenvalue weighted by Crippen LogP contribution is -2.34. The molecule has 2 saturated carbocycles. The number of nitrogens with zero attached hydrogens (tertiary/aromatic N) is 1. The van der Waals surface area contributed by atoms with Crippen molar-refractivity contribution in [1.82, 2.24) is 5.43 Å². The van der Waals surface area contributed by atoms with Crippen molar-refractivity contribution in [3.63, 3.8) is 0 Å². The number of hydrogen-bond acceptors (Lipinski definition) is 4. The van der Waals surface area contributed by atoms with E-state index in [1.165, 1.54) is 6.42 Å². The minimum absolute atomic E-state index is 0.0129. The van der Waals surface area contributed by atoms with Gasteiger partial charge in [-0.05, 0) is 42.7 Å². The number of rotatable bonds is 2. The van der Waals surface area contributed by atoms with Crippen molar-refractivity contribution >= 4 is 22.6 Å². The molecule has 1 amide bonds. The Balaban J connectivity index is 1.62. The number of benzene rings is 1. The Morgan fingerprint density at radius 1 is 1.28 bits per heavy atom. The monoisotopic (exact) mass is 338 g/mol. The summed E-state index contributed by atoms with van der Waals surface area (Å²) in [6.07, 6.45) is 3.22. The molecule has 0 saturated heterocycles. The van der Waals surface area contributed by atoms with Crippen molar-refractivity contribution in [2.24, 2.45) is 21.8 Å². The molecule has 5 heteroatoms. The van der Waals surface area contributed by atoms with Crippen LogP contribution in [-0.4, -0.2) is 11.6 Å². The first-order valence-electron chi connectivity index (χ1n) is 8.73. The van der Waals surface area contributed by atoms with Crippen LogP contribution in [0.1, 0.15) is 50.4 Å². The number of hydrazone groups is 1. The average molecular weight is 338 g/mol. The molecule has 2 atom stereocenters. The van der Waals surface area contributed by atoms with Gasteiger partial charge in [0.15, 0.2) is 0 Å². The van der Waals surface area contributed by atoms with Crippen LogP contribution < -0.4 is 11.1 Å². The zero-order chi connectivity index (χ0) is 17.8. The Labute approximate surface area is 146 Å². The molecule has 2 aliphatic rings. The fraction of sp³-hybridized carbons (Fsp3) is 0.450. The highest BCUT2D eigenvalue weighted by Crippen LogP contribution is 2.63. The lowest BCUT2D eigenvalue weighted by molar-refractivity contribution is 0.0950. The molecule has 0 aliphatic heterocycles. The van der Waals surface area contributed by atoms with Crippen molar-refractivity contribution in [1.29, 1.82) is 0 Å². The van der Waals surface area contributed by atoms with Gasteiger partial charge in [0.2, 0.25) is 0 Å². The molecule has 1 N–H and O–H groups in total. The van der Waals surface area contributed by atoms with Gasteiger partial charge in [-0.2, -0.15) is 5.10 Å². The molecular formula is C20H22N2O3. The highest BCUT2D eigenvalue weighted by molar-refractivity contribution is 5.99. The van der Waals surface area contributed by atoms with Crippen LogP contribution in [0, 0.1) is 16.7 Å². The Kier molecular flexibility index (Phi) is 3.39. The van der Waals surface area contributed by atoms with Gasteiger partial charge in [0.25, 0.3) is 5.91 Å². The van der Waals surface area contributed by atoms with Gasteiger partial charge in [-0.3, -0.25) is 4.79 Å². The second-order valence-electron chi connectivity index (χ2n) is 7.98. The van der Waals surface area contributed by atoms with E-state index in [9.17, 15) is 9.59 Å². The number of nitrogens with one attached hydrogen (secondary N) is 1. The van der Waals surface area contributed by atoms with E-state index in [2.05, 4.69) is 31.3 Å². The SMILES string of the molecule is CC1(C)[C@@H]2CC[C@]1(C)/C(=N/NC(=O)c1cc3ccccc3oc1=O)C2. The molecular weight excluding hydrogens is 316 g/mol. The van der Waals surface area contributed by atoms with Crippen molar-refractivity contribution < 1.29 is 9.21 Å². The van der Waals surface area contributed by atoms with Crippen LogP contribution in [-0.2, 0) is 0 Å². The molecule has 2 fully saturated rings. The first-order valence-corrected chi connectivity index (χ1v) is 8.73. The van der Waals surface area contributed by atoms with E-state index in [1.807, 2.05) is 6.07 Å². The summed E-state index contributed by atoms with van der Waals surface area (Å²) in [5, 5.41) is 5.12. The van der Waals surface area contributed by atoms with Gasteiger partial charge >= 0.3 is 5.63 Å². The Morgan fingerprint density at radius 3 is 2.72 bits per heavy atom. The molecule has 2 bridgehead atoms. The third-order valence-electron chi connectivity index (χ3n) is 6.69. The van der Waals surface area contributed by atoms with E-state index in [4.69, 9.17) is 4.42 Å². The maximum atomic E-state index is 12.5. The van der Waals surface area contributed by atoms with Crippen molar-refractivity contribution in [3.8, 4) is 0 Å². The highest BCUT2D eigenvalue weighted by Gasteiger charge is 2.60. The molecule has 1 aromatic heterocycles. The molecule has 1 heterocycles. The first-order chi connectivity index (χ1) is 11.8. The summed E-state index contributed by atoms with van der Waals surface area (Å²) in [7, 11) is 0. The zero-order valence-electron chi connectivity index (χ0n) is 14.8. The van der Waals surface area contributed by atoms with E-state index in [1.54, 1.807) is 24.3 Å². The number of para-hydroxylation sites is 1. The second kappa shape index (κ2) is 5.28. The highest BCUT2D eigenvalue weighted by atomic mass is 16.4. The molecule has 0 radical (unpaired) electrons. The maximum absolute atomic E-state index is 12.5. The summed E-state index contributed by atoms with van der Waals surface area (Å²) in [6.45, 7) is 6.80. The van der Waals surface area contributed by atoms with Crippen LogP contribution in [0.2, 0.25) is 0 Å². The molecule has 2 aliphatic carbocycles. The molecule has 4 rings (SSSR count). The smallest absolute Gasteiger partial charge is 0.349 e. The number of hydrogen-bond donors (Lipinski definition) is 1. The van der Waals surface area contributed by atoms with Gasteiger partial charge in [0.1, 0.15) is 11.1 Å². The number of carbonyl (C=O) groups is 1. The number of fused-ring (bicyclic) bond motifs is 3. The Hall–Kier alpha value is -2.43. The summed E-state index contributed by atoms with van der Waals surface area (Å²) in [4.78, 5) is 24.5. The molecule has 2 aromatic rings. The van der Waals surface area contributed by atoms with E-state index in [0.29, 0.717) is 16.9 Å². The lowest BCUT2D eigenvalue weighted by Gasteiger charge is -2.34. The second-order valence-corrected chi connectivity index (χ2v) is 7.98. The summed E-state index contributed by atoms with van der Waals surface area (Å²) < 4.78 is 5.22. The normalized spacial score (nSPS) is 28.6. The maximum Gasteiger partial charge on any atom is 0.349 e. The van der Waals surface area contributed by atoms with Crippen LogP contribution in [0.4, 0.5) is 0 Å². The topological polar surface area (TPSA) is 71.7 Å². The summed E-state index contributed by atoms with van der Waals surface area (Å²) >= 11 is 0. The van der Waals surface area contributed by atoms with Crippen LogP contribution in [0.25, 0.3) is 11.0 Å². The molecule has 0 unspecified atom stereocenters. The van der Waals surface area contributed by atoms with Gasteiger partial charge in [0, 0.05) is 16.5 Å². The number of carbonyl (C=O) groups excluding carboxylic acids is 1. The quantitative estimate of drug-likeness (QED) is 0.670. The minimum Gasteiger partial charge on any atom is -0.422 e. The standard InChI is InChI=1S/C20H22N2O3/c1-19(2)13-8-9-20(19,3)16(11-13)21-22-17(23)14-10-12-6-4-5-7-15(12)25-18(14)24/h4-7,10,13H,8-9,11H2,1-3H3,(H,22,23)/b21-16+/t13-,20-/m1/s1. The van der Waals surface area contributed by atoms with Gasteiger partial charge in [0.05, 0.1) is 0 Å². The van der Waals surface area contributed by atoms with E-state index in [0.717, 1.165) is 18.6 Å². The van der Waals surface area contributed by atoms with Crippen LogP contribution in [0.5, 0.6) is 0 Å². The first kappa shape index (κ1) is 16.1. The summed E-state index contributed by atoms with van der Waals surface area (Å²) in [6, 6.07) is 8.69. The summed E-state index contributed by atoms with van der Waals surface area (Å²) in [5.41, 5.74) is 3.63. The van der Waals surface area contributed by atoms with E-state index >= 15 is 0 Å². The fourth-order valence-corrected chi connectivity index (χ4v) is 4.50. The average Bonchev–Trinajstić information content (AvgIpc) is 2.92. The van der Waals surface area contributed by atoms with E-state index < -0.39 is 11.5 Å². The largest absolute Gasteiger partial charge is 0.422 e. The molecule has 1 aromatic carbocycles. The summed E-state index contributed by atoms with van der Waals surface area (Å²) in [5.74, 6) is 0.0927. The van der Waals surface area contributed by atoms with Crippen LogP contribution in [0.3, 0.4) is 0 Å². The molecule has 130 valence electrons. The third-order valence-corrected chi connectivity index (χ3v) is 6.69. The molecule has 25 heavy (non-hydrogen) atoms. The van der Waals surface area contributed by atoms with Crippen molar-refractivity contribution in [2.75, 3.05) is 0 Å². The minimum atomic E-state index is -0.643. The predicted molar refractivity (Wildman–Crippen MR) is 96.6 cm³/mol. The number of amides is 1.